The first-order chi connectivity index (χ1) is 16.5. The summed E-state index contributed by atoms with van der Waals surface area (Å²) in [6.45, 7) is 8.72. The van der Waals surface area contributed by atoms with E-state index in [9.17, 15) is 4.79 Å². The van der Waals surface area contributed by atoms with Gasteiger partial charge in [0.15, 0.2) is 11.5 Å². The SMILES string of the molecule is COCCCOc1cc(C(=O)N(C[C@@H]2CNC[C@@H]2CNc2ccccc2)C(C)C)ccc1OC. The average molecular weight is 470 g/mol. The Balaban J connectivity index is 1.67. The van der Waals surface area contributed by atoms with Crippen molar-refractivity contribution in [2.75, 3.05) is 58.9 Å². The zero-order valence-electron chi connectivity index (χ0n) is 20.9. The molecule has 1 heterocycles. The van der Waals surface area contributed by atoms with Crippen LogP contribution < -0.4 is 20.1 Å². The van der Waals surface area contributed by atoms with E-state index in [-0.39, 0.29) is 11.9 Å². The number of rotatable bonds is 13. The van der Waals surface area contributed by atoms with Crippen molar-refractivity contribution in [3.8, 4) is 11.5 Å². The van der Waals surface area contributed by atoms with Crippen LogP contribution in [0.2, 0.25) is 0 Å². The van der Waals surface area contributed by atoms with E-state index < -0.39 is 0 Å². The molecule has 1 fully saturated rings. The van der Waals surface area contributed by atoms with Crippen molar-refractivity contribution in [1.29, 1.82) is 0 Å². The van der Waals surface area contributed by atoms with Crippen molar-refractivity contribution in [2.45, 2.75) is 26.3 Å². The normalized spacial score (nSPS) is 17.6. The number of para-hydroxylation sites is 1. The molecule has 0 unspecified atom stereocenters. The lowest BCUT2D eigenvalue weighted by atomic mass is 9.94. The fourth-order valence-electron chi connectivity index (χ4n) is 4.30. The van der Waals surface area contributed by atoms with Crippen LogP contribution >= 0.6 is 0 Å². The number of nitrogens with zero attached hydrogens (tertiary/aromatic N) is 1. The minimum absolute atomic E-state index is 0.0149. The molecule has 1 amide bonds. The van der Waals surface area contributed by atoms with Crippen LogP contribution in [-0.2, 0) is 4.74 Å². The average Bonchev–Trinajstić information content (AvgIpc) is 3.31. The molecular formula is C27H39N3O4. The Hall–Kier alpha value is -2.77. The van der Waals surface area contributed by atoms with Gasteiger partial charge in [-0.1, -0.05) is 18.2 Å². The molecule has 0 saturated carbocycles. The first kappa shape index (κ1) is 25.8. The van der Waals surface area contributed by atoms with Gasteiger partial charge in [-0.15, -0.1) is 0 Å². The summed E-state index contributed by atoms with van der Waals surface area (Å²) in [4.78, 5) is 15.5. The predicted octanol–water partition coefficient (Wildman–Crippen LogP) is 3.91. The second-order valence-electron chi connectivity index (χ2n) is 9.04. The van der Waals surface area contributed by atoms with Crippen LogP contribution in [0.25, 0.3) is 0 Å². The third kappa shape index (κ3) is 7.11. The number of methoxy groups -OCH3 is 2. The zero-order valence-corrected chi connectivity index (χ0v) is 20.9. The lowest BCUT2D eigenvalue weighted by Gasteiger charge is -2.32. The van der Waals surface area contributed by atoms with Crippen LogP contribution in [0.15, 0.2) is 48.5 Å². The smallest absolute Gasteiger partial charge is 0.254 e. The Bertz CT molecular complexity index is 891. The highest BCUT2D eigenvalue weighted by Gasteiger charge is 2.31. The second-order valence-corrected chi connectivity index (χ2v) is 9.04. The molecule has 2 N–H and O–H groups in total. The molecule has 0 aliphatic carbocycles. The third-order valence-electron chi connectivity index (χ3n) is 6.30. The molecule has 0 aromatic heterocycles. The molecule has 3 rings (SSSR count). The topological polar surface area (TPSA) is 72.1 Å². The second kappa shape index (κ2) is 13.2. The molecule has 1 aliphatic rings. The molecule has 7 heteroatoms. The van der Waals surface area contributed by atoms with Crippen LogP contribution in [0, 0.1) is 11.8 Å². The van der Waals surface area contributed by atoms with Crippen molar-refractivity contribution < 1.29 is 19.0 Å². The fraction of sp³-hybridized carbons (Fsp3) is 0.519. The molecule has 1 saturated heterocycles. The summed E-state index contributed by atoms with van der Waals surface area (Å²) in [5.74, 6) is 2.05. The fourth-order valence-corrected chi connectivity index (χ4v) is 4.30. The molecule has 1 aliphatic heterocycles. The van der Waals surface area contributed by atoms with Crippen molar-refractivity contribution >= 4 is 11.6 Å². The maximum Gasteiger partial charge on any atom is 0.254 e. The highest BCUT2D eigenvalue weighted by atomic mass is 16.5. The molecule has 7 nitrogen and oxygen atoms in total. The van der Waals surface area contributed by atoms with Crippen LogP contribution in [0.3, 0.4) is 0 Å². The maximum absolute atomic E-state index is 13.6. The summed E-state index contributed by atoms with van der Waals surface area (Å²) in [6.07, 6.45) is 0.767. The molecule has 0 radical (unpaired) electrons. The molecule has 34 heavy (non-hydrogen) atoms. The van der Waals surface area contributed by atoms with E-state index in [2.05, 4.69) is 36.6 Å². The predicted molar refractivity (Wildman–Crippen MR) is 136 cm³/mol. The van der Waals surface area contributed by atoms with Gasteiger partial charge in [0.1, 0.15) is 0 Å². The Morgan fingerprint density at radius 1 is 1.06 bits per heavy atom. The van der Waals surface area contributed by atoms with Crippen molar-refractivity contribution in [3.05, 3.63) is 54.1 Å². The van der Waals surface area contributed by atoms with Crippen molar-refractivity contribution in [2.24, 2.45) is 11.8 Å². The number of carbonyl (C=O) groups excluding carboxylic acids is 1. The molecular weight excluding hydrogens is 430 g/mol. The van der Waals surface area contributed by atoms with Crippen LogP contribution in [0.4, 0.5) is 5.69 Å². The van der Waals surface area contributed by atoms with E-state index >= 15 is 0 Å². The van der Waals surface area contributed by atoms with Gasteiger partial charge in [0, 0.05) is 63.6 Å². The van der Waals surface area contributed by atoms with Gasteiger partial charge in [-0.2, -0.15) is 0 Å². The van der Waals surface area contributed by atoms with Gasteiger partial charge in [0.2, 0.25) is 0 Å². The Morgan fingerprint density at radius 2 is 1.82 bits per heavy atom. The summed E-state index contributed by atoms with van der Waals surface area (Å²) < 4.78 is 16.4. The Labute approximate surface area is 203 Å². The molecule has 0 bridgehead atoms. The van der Waals surface area contributed by atoms with Gasteiger partial charge in [-0.3, -0.25) is 4.79 Å². The zero-order chi connectivity index (χ0) is 24.3. The number of hydrogen-bond donors (Lipinski definition) is 2. The summed E-state index contributed by atoms with van der Waals surface area (Å²) in [5, 5.41) is 7.06. The molecule has 186 valence electrons. The molecule has 0 spiro atoms. The van der Waals surface area contributed by atoms with Gasteiger partial charge < -0.3 is 29.7 Å². The molecule has 2 atom stereocenters. The monoisotopic (exact) mass is 469 g/mol. The highest BCUT2D eigenvalue weighted by molar-refractivity contribution is 5.95. The first-order valence-corrected chi connectivity index (χ1v) is 12.1. The Kier molecular flexibility index (Phi) is 10.0. The highest BCUT2D eigenvalue weighted by Crippen LogP contribution is 2.29. The largest absolute Gasteiger partial charge is 0.493 e. The van der Waals surface area contributed by atoms with E-state index in [1.54, 1.807) is 26.4 Å². The van der Waals surface area contributed by atoms with E-state index in [1.165, 1.54) is 0 Å². The minimum Gasteiger partial charge on any atom is -0.493 e. The van der Waals surface area contributed by atoms with Crippen LogP contribution in [-0.4, -0.2) is 70.5 Å². The summed E-state index contributed by atoms with van der Waals surface area (Å²) >= 11 is 0. The maximum atomic E-state index is 13.6. The standard InChI is InChI=1S/C27H39N3O4/c1-20(2)30(19-23-17-28-16-22(23)18-29-24-9-6-5-7-10-24)27(31)21-11-12-25(33-4)26(15-21)34-14-8-13-32-3/h5-7,9-12,15,20,22-23,28-29H,8,13-14,16-19H2,1-4H3/t22-,23+/m1/s1. The number of carbonyl (C=O) groups is 1. The lowest BCUT2D eigenvalue weighted by molar-refractivity contribution is 0.0663. The van der Waals surface area contributed by atoms with Crippen molar-refractivity contribution in [1.82, 2.24) is 10.2 Å². The summed E-state index contributed by atoms with van der Waals surface area (Å²) in [7, 11) is 3.28. The summed E-state index contributed by atoms with van der Waals surface area (Å²) in [5.41, 5.74) is 1.74. The lowest BCUT2D eigenvalue weighted by Crippen LogP contribution is -2.42. The number of anilines is 1. The van der Waals surface area contributed by atoms with E-state index in [4.69, 9.17) is 14.2 Å². The summed E-state index contributed by atoms with van der Waals surface area (Å²) in [6, 6.07) is 15.8. The van der Waals surface area contributed by atoms with Crippen molar-refractivity contribution in [3.63, 3.8) is 0 Å². The first-order valence-electron chi connectivity index (χ1n) is 12.1. The number of ether oxygens (including phenoxy) is 3. The number of hydrogen-bond acceptors (Lipinski definition) is 6. The molecule has 2 aromatic rings. The van der Waals surface area contributed by atoms with Gasteiger partial charge in [0.05, 0.1) is 13.7 Å². The Morgan fingerprint density at radius 3 is 2.53 bits per heavy atom. The van der Waals surface area contributed by atoms with E-state index in [0.717, 1.165) is 31.7 Å². The van der Waals surface area contributed by atoms with E-state index in [0.29, 0.717) is 48.7 Å². The number of amides is 1. The van der Waals surface area contributed by atoms with E-state index in [1.807, 2.05) is 29.2 Å². The third-order valence-corrected chi connectivity index (χ3v) is 6.30. The number of nitrogens with one attached hydrogen (secondary N) is 2. The minimum atomic E-state index is 0.0149. The molecule has 2 aromatic carbocycles. The van der Waals surface area contributed by atoms with Gasteiger partial charge in [0.25, 0.3) is 5.91 Å². The quantitative estimate of drug-likeness (QED) is 0.434. The van der Waals surface area contributed by atoms with Crippen LogP contribution in [0.5, 0.6) is 11.5 Å². The van der Waals surface area contributed by atoms with Gasteiger partial charge >= 0.3 is 0 Å². The van der Waals surface area contributed by atoms with Gasteiger partial charge in [-0.05, 0) is 56.0 Å². The van der Waals surface area contributed by atoms with Crippen LogP contribution in [0.1, 0.15) is 30.6 Å². The number of benzene rings is 2. The van der Waals surface area contributed by atoms with Gasteiger partial charge in [-0.25, -0.2) is 0 Å².